The van der Waals surface area contributed by atoms with Crippen molar-refractivity contribution >= 4 is 65.5 Å². The number of halogens is 3. The van der Waals surface area contributed by atoms with Crippen LogP contribution in [0.2, 0.25) is 0 Å². The van der Waals surface area contributed by atoms with Crippen molar-refractivity contribution in [2.45, 2.75) is 12.8 Å². The zero-order valence-corrected chi connectivity index (χ0v) is 15.7. The molecule has 1 unspecified atom stereocenters. The lowest BCUT2D eigenvalue weighted by Gasteiger charge is -2.31. The number of carboxylic acids is 1. The molecule has 0 aromatic heterocycles. The second kappa shape index (κ2) is 7.11. The number of amides is 2. The lowest BCUT2D eigenvalue weighted by molar-refractivity contribution is -0.143. The molecule has 0 radical (unpaired) electrons. The Morgan fingerprint density at radius 3 is 2.43 bits per heavy atom. The molecule has 1 atom stereocenters. The van der Waals surface area contributed by atoms with Crippen LogP contribution in [0.1, 0.15) is 12.8 Å². The molecule has 1 heterocycles. The maximum absolute atomic E-state index is 12.3. The molecule has 2 amide bonds. The van der Waals surface area contributed by atoms with Crippen molar-refractivity contribution in [2.24, 2.45) is 5.92 Å². The first-order valence-corrected chi connectivity index (χ1v) is 8.69. The van der Waals surface area contributed by atoms with Crippen LogP contribution in [-0.4, -0.2) is 35.1 Å². The van der Waals surface area contributed by atoms with Crippen molar-refractivity contribution in [1.82, 2.24) is 4.90 Å². The van der Waals surface area contributed by atoms with Crippen molar-refractivity contribution in [3.63, 3.8) is 0 Å². The van der Waals surface area contributed by atoms with Gasteiger partial charge in [0.15, 0.2) is 0 Å². The highest BCUT2D eigenvalue weighted by Crippen LogP contribution is 2.34. The molecule has 1 aliphatic rings. The van der Waals surface area contributed by atoms with Gasteiger partial charge in [-0.2, -0.15) is 0 Å². The van der Waals surface area contributed by atoms with Gasteiger partial charge in [0.2, 0.25) is 0 Å². The fraction of sp³-hybridized carbons (Fsp3) is 0.385. The van der Waals surface area contributed by atoms with E-state index in [1.54, 1.807) is 4.90 Å². The van der Waals surface area contributed by atoms with Crippen molar-refractivity contribution in [1.29, 1.82) is 0 Å². The average Bonchev–Trinajstić information content (AvgIpc) is 2.42. The van der Waals surface area contributed by atoms with Crippen LogP contribution in [0.25, 0.3) is 0 Å². The number of rotatable bonds is 2. The lowest BCUT2D eigenvalue weighted by atomic mass is 9.99. The first-order valence-electron chi connectivity index (χ1n) is 6.31. The molecular formula is C13H13Br3N2O3. The molecule has 8 heteroatoms. The fourth-order valence-corrected chi connectivity index (χ4v) is 4.67. The van der Waals surface area contributed by atoms with Crippen LogP contribution in [-0.2, 0) is 4.79 Å². The molecule has 0 saturated carbocycles. The van der Waals surface area contributed by atoms with E-state index in [1.165, 1.54) is 0 Å². The molecule has 1 fully saturated rings. The minimum Gasteiger partial charge on any atom is -0.481 e. The summed E-state index contributed by atoms with van der Waals surface area (Å²) in [5.74, 6) is -1.33. The highest BCUT2D eigenvalue weighted by Gasteiger charge is 2.28. The number of benzene rings is 1. The quantitative estimate of drug-likeness (QED) is 0.657. The number of carboxylic acid groups (broad SMARTS) is 1. The van der Waals surface area contributed by atoms with E-state index in [1.807, 2.05) is 12.1 Å². The third-order valence-electron chi connectivity index (χ3n) is 3.30. The molecule has 114 valence electrons. The smallest absolute Gasteiger partial charge is 0.321 e. The normalized spacial score (nSPS) is 18.4. The number of aliphatic carboxylic acids is 1. The number of urea groups is 1. The number of nitrogens with one attached hydrogen (secondary N) is 1. The number of piperidine rings is 1. The van der Waals surface area contributed by atoms with Gasteiger partial charge in [0.1, 0.15) is 0 Å². The Labute approximate surface area is 147 Å². The second-order valence-corrected chi connectivity index (χ2v) is 7.42. The molecule has 1 saturated heterocycles. The third kappa shape index (κ3) is 4.20. The molecular weight excluding hydrogens is 472 g/mol. The van der Waals surface area contributed by atoms with E-state index in [-0.39, 0.29) is 12.6 Å². The molecule has 0 bridgehead atoms. The maximum atomic E-state index is 12.3. The highest BCUT2D eigenvalue weighted by molar-refractivity contribution is 9.11. The van der Waals surface area contributed by atoms with Gasteiger partial charge in [0, 0.05) is 26.5 Å². The van der Waals surface area contributed by atoms with E-state index in [9.17, 15) is 9.59 Å². The van der Waals surface area contributed by atoms with Crippen LogP contribution in [0.5, 0.6) is 0 Å². The molecule has 2 rings (SSSR count). The summed E-state index contributed by atoms with van der Waals surface area (Å²) < 4.78 is 2.36. The monoisotopic (exact) mass is 482 g/mol. The first kappa shape index (κ1) is 16.8. The first-order chi connectivity index (χ1) is 9.88. The summed E-state index contributed by atoms with van der Waals surface area (Å²) in [5, 5.41) is 11.9. The van der Waals surface area contributed by atoms with Crippen LogP contribution < -0.4 is 5.32 Å². The van der Waals surface area contributed by atoms with Crippen molar-refractivity contribution in [3.05, 3.63) is 25.6 Å². The number of carbonyl (C=O) groups is 2. The molecule has 21 heavy (non-hydrogen) atoms. The molecule has 5 nitrogen and oxygen atoms in total. The van der Waals surface area contributed by atoms with E-state index in [0.29, 0.717) is 25.1 Å². The van der Waals surface area contributed by atoms with Gasteiger partial charge in [-0.1, -0.05) is 15.9 Å². The SMILES string of the molecule is O=C(O)C1CCCN(C(=O)Nc2c(Br)cc(Br)cc2Br)C1. The third-order valence-corrected chi connectivity index (χ3v) is 5.01. The van der Waals surface area contributed by atoms with Crippen molar-refractivity contribution in [3.8, 4) is 0 Å². The maximum Gasteiger partial charge on any atom is 0.321 e. The Bertz CT molecular complexity index is 557. The van der Waals surface area contributed by atoms with Gasteiger partial charge in [-0.15, -0.1) is 0 Å². The Hall–Kier alpha value is -0.600. The standard InChI is InChI=1S/C13H13Br3N2O3/c14-8-4-9(15)11(10(16)5-8)17-13(21)18-3-1-2-7(6-18)12(19)20/h4-5,7H,1-3,6H2,(H,17,21)(H,19,20). The summed E-state index contributed by atoms with van der Waals surface area (Å²) in [6.07, 6.45) is 1.32. The predicted octanol–water partition coefficient (Wildman–Crippen LogP) is 4.30. The number of likely N-dealkylation sites (tertiary alicyclic amines) is 1. The number of anilines is 1. The van der Waals surface area contributed by atoms with Crippen LogP contribution in [0.4, 0.5) is 10.5 Å². The van der Waals surface area contributed by atoms with Gasteiger partial charge < -0.3 is 15.3 Å². The number of carbonyl (C=O) groups excluding carboxylic acids is 1. The van der Waals surface area contributed by atoms with Gasteiger partial charge in [-0.25, -0.2) is 4.79 Å². The lowest BCUT2D eigenvalue weighted by Crippen LogP contribution is -2.44. The van der Waals surface area contributed by atoms with Gasteiger partial charge in [0.25, 0.3) is 0 Å². The number of hydrogen-bond acceptors (Lipinski definition) is 2. The molecule has 2 N–H and O–H groups in total. The Balaban J connectivity index is 2.10. The topological polar surface area (TPSA) is 69.6 Å². The molecule has 0 spiro atoms. The van der Waals surface area contributed by atoms with Crippen LogP contribution in [0.3, 0.4) is 0 Å². The minimum absolute atomic E-state index is 0.243. The summed E-state index contributed by atoms with van der Waals surface area (Å²) in [6.45, 7) is 0.814. The summed E-state index contributed by atoms with van der Waals surface area (Å²) in [6, 6.07) is 3.37. The summed E-state index contributed by atoms with van der Waals surface area (Å²) >= 11 is 10.2. The summed E-state index contributed by atoms with van der Waals surface area (Å²) in [5.41, 5.74) is 0.626. The summed E-state index contributed by atoms with van der Waals surface area (Å²) in [4.78, 5) is 24.9. The van der Waals surface area contributed by atoms with Gasteiger partial charge in [-0.05, 0) is 56.8 Å². The van der Waals surface area contributed by atoms with Crippen LogP contribution in [0, 0.1) is 5.92 Å². The Morgan fingerprint density at radius 1 is 1.24 bits per heavy atom. The van der Waals surface area contributed by atoms with Crippen LogP contribution in [0.15, 0.2) is 25.6 Å². The minimum atomic E-state index is -0.849. The highest BCUT2D eigenvalue weighted by atomic mass is 79.9. The fourth-order valence-electron chi connectivity index (χ4n) is 2.21. The largest absolute Gasteiger partial charge is 0.481 e. The Morgan fingerprint density at radius 2 is 1.86 bits per heavy atom. The van der Waals surface area contributed by atoms with E-state index in [4.69, 9.17) is 5.11 Å². The van der Waals surface area contributed by atoms with Gasteiger partial charge in [-0.3, -0.25) is 4.79 Å². The van der Waals surface area contributed by atoms with Gasteiger partial charge >= 0.3 is 12.0 Å². The van der Waals surface area contributed by atoms with E-state index in [2.05, 4.69) is 53.1 Å². The van der Waals surface area contributed by atoms with Gasteiger partial charge in [0.05, 0.1) is 11.6 Å². The second-order valence-electron chi connectivity index (χ2n) is 4.80. The molecule has 1 aliphatic heterocycles. The summed E-state index contributed by atoms with van der Waals surface area (Å²) in [7, 11) is 0. The number of nitrogens with zero attached hydrogens (tertiary/aromatic N) is 1. The zero-order valence-electron chi connectivity index (χ0n) is 10.9. The van der Waals surface area contributed by atoms with Crippen molar-refractivity contribution < 1.29 is 14.7 Å². The average molecular weight is 485 g/mol. The van der Waals surface area contributed by atoms with Crippen molar-refractivity contribution in [2.75, 3.05) is 18.4 Å². The van der Waals surface area contributed by atoms with E-state index >= 15 is 0 Å². The van der Waals surface area contributed by atoms with E-state index in [0.717, 1.165) is 13.4 Å². The molecule has 1 aromatic carbocycles. The number of hydrogen-bond donors (Lipinski definition) is 2. The Kier molecular flexibility index (Phi) is 5.67. The van der Waals surface area contributed by atoms with E-state index < -0.39 is 11.9 Å². The van der Waals surface area contributed by atoms with Crippen LogP contribution >= 0.6 is 47.8 Å². The molecule has 1 aromatic rings. The zero-order chi connectivity index (χ0) is 15.6. The predicted molar refractivity (Wildman–Crippen MR) is 90.5 cm³/mol. The molecule has 0 aliphatic carbocycles.